The van der Waals surface area contributed by atoms with Gasteiger partial charge in [-0.2, -0.15) is 9.78 Å². The summed E-state index contributed by atoms with van der Waals surface area (Å²) in [5.74, 6) is -0.293. The Balaban J connectivity index is 1.74. The zero-order chi connectivity index (χ0) is 22.8. The van der Waals surface area contributed by atoms with Gasteiger partial charge in [-0.15, -0.1) is 0 Å². The van der Waals surface area contributed by atoms with Crippen LogP contribution in [0.25, 0.3) is 5.69 Å². The lowest BCUT2D eigenvalue weighted by Gasteiger charge is -2.13. The van der Waals surface area contributed by atoms with Crippen molar-refractivity contribution in [3.63, 3.8) is 0 Å². The normalized spacial score (nSPS) is 12.4. The van der Waals surface area contributed by atoms with Crippen LogP contribution in [-0.4, -0.2) is 29.4 Å². The minimum Gasteiger partial charge on any atom is -0.325 e. The maximum absolute atomic E-state index is 12.5. The van der Waals surface area contributed by atoms with E-state index in [1.165, 1.54) is 46.8 Å². The van der Waals surface area contributed by atoms with Crippen molar-refractivity contribution in [2.24, 2.45) is 5.14 Å². The van der Waals surface area contributed by atoms with Crippen LogP contribution < -0.4 is 16.0 Å². The molecule has 0 aliphatic heterocycles. The molecule has 0 radical (unpaired) electrons. The van der Waals surface area contributed by atoms with Gasteiger partial charge in [-0.25, -0.2) is 13.6 Å². The van der Waals surface area contributed by atoms with Gasteiger partial charge in [-0.05, 0) is 74.4 Å². The highest BCUT2D eigenvalue weighted by atomic mass is 32.2. The first-order chi connectivity index (χ1) is 14.5. The van der Waals surface area contributed by atoms with Crippen LogP contribution in [0.3, 0.4) is 0 Å². The quantitative estimate of drug-likeness (QED) is 0.547. The van der Waals surface area contributed by atoms with Gasteiger partial charge in [0, 0.05) is 11.8 Å². The van der Waals surface area contributed by atoms with Gasteiger partial charge >= 0.3 is 0 Å². The van der Waals surface area contributed by atoms with Gasteiger partial charge in [0.2, 0.25) is 15.9 Å². The van der Waals surface area contributed by atoms with Gasteiger partial charge in [-0.1, -0.05) is 17.8 Å². The van der Waals surface area contributed by atoms with E-state index in [1.54, 1.807) is 13.0 Å². The molecule has 0 aliphatic rings. The fourth-order valence-electron chi connectivity index (χ4n) is 2.71. The molecule has 3 N–H and O–H groups in total. The predicted octanol–water partition coefficient (Wildman–Crippen LogP) is 2.62. The molecule has 1 amide bonds. The van der Waals surface area contributed by atoms with E-state index in [0.29, 0.717) is 16.4 Å². The number of nitrogens with zero attached hydrogens (tertiary/aromatic N) is 2. The number of anilines is 1. The van der Waals surface area contributed by atoms with Crippen molar-refractivity contribution in [1.82, 2.24) is 9.78 Å². The van der Waals surface area contributed by atoms with Crippen molar-refractivity contribution >= 4 is 33.4 Å². The molecule has 0 spiro atoms. The number of sulfonamides is 1. The summed E-state index contributed by atoms with van der Waals surface area (Å²) in [5, 5.41) is 12.2. The zero-order valence-corrected chi connectivity index (χ0v) is 18.8. The number of carbonyl (C=O) groups excluding carboxylic acids is 1. The Labute approximate surface area is 184 Å². The molecule has 8 nitrogen and oxygen atoms in total. The number of thioether (sulfide) groups is 1. The Kier molecular flexibility index (Phi) is 6.63. The number of aromatic nitrogens is 2. The molecule has 31 heavy (non-hydrogen) atoms. The van der Waals surface area contributed by atoms with E-state index in [4.69, 9.17) is 5.14 Å². The molecule has 2 aromatic carbocycles. The summed E-state index contributed by atoms with van der Waals surface area (Å²) < 4.78 is 24.0. The average Bonchev–Trinajstić information content (AvgIpc) is 2.71. The van der Waals surface area contributed by atoms with E-state index in [9.17, 15) is 18.0 Å². The third-order valence-electron chi connectivity index (χ3n) is 4.63. The standard InChI is InChI=1S/C21H22N4O4S2/c1-13-4-7-17(12-14(13)2)25-20(26)11-10-19(24-25)30-15(3)21(27)23-16-5-8-18(9-6-16)31(22,28)29/h4-12,15H,1-3H3,(H,23,27)(H2,22,28,29)/t15-/m0/s1. The van der Waals surface area contributed by atoms with Crippen LogP contribution in [0.15, 0.2) is 69.3 Å². The Morgan fingerprint density at radius 3 is 2.35 bits per heavy atom. The first-order valence-electron chi connectivity index (χ1n) is 9.33. The van der Waals surface area contributed by atoms with Crippen LogP contribution in [0, 0.1) is 13.8 Å². The van der Waals surface area contributed by atoms with Crippen LogP contribution in [0.5, 0.6) is 0 Å². The van der Waals surface area contributed by atoms with Crippen molar-refractivity contribution < 1.29 is 13.2 Å². The molecule has 3 rings (SSSR count). The van der Waals surface area contributed by atoms with Crippen molar-refractivity contribution in [3.8, 4) is 5.69 Å². The van der Waals surface area contributed by atoms with Gasteiger partial charge in [0.05, 0.1) is 15.8 Å². The van der Waals surface area contributed by atoms with Crippen molar-refractivity contribution in [2.75, 3.05) is 5.32 Å². The first-order valence-corrected chi connectivity index (χ1v) is 11.8. The smallest absolute Gasteiger partial charge is 0.271 e. The molecule has 0 aliphatic carbocycles. The van der Waals surface area contributed by atoms with Gasteiger partial charge < -0.3 is 5.32 Å². The molecule has 10 heteroatoms. The molecule has 1 heterocycles. The second-order valence-corrected chi connectivity index (χ2v) is 9.93. The minimum atomic E-state index is -3.79. The lowest BCUT2D eigenvalue weighted by molar-refractivity contribution is -0.115. The van der Waals surface area contributed by atoms with Gasteiger partial charge in [0.15, 0.2) is 0 Å². The number of aryl methyl sites for hydroxylation is 2. The third-order valence-corrected chi connectivity index (χ3v) is 6.58. The number of nitrogens with one attached hydrogen (secondary N) is 1. The molecular weight excluding hydrogens is 436 g/mol. The molecule has 0 bridgehead atoms. The minimum absolute atomic E-state index is 0.0364. The number of rotatable bonds is 6. The number of carbonyl (C=O) groups is 1. The van der Waals surface area contributed by atoms with Crippen LogP contribution >= 0.6 is 11.8 Å². The Morgan fingerprint density at radius 1 is 1.06 bits per heavy atom. The summed E-state index contributed by atoms with van der Waals surface area (Å²) >= 11 is 1.20. The van der Waals surface area contributed by atoms with Gasteiger partial charge in [-0.3, -0.25) is 9.59 Å². The van der Waals surface area contributed by atoms with E-state index < -0.39 is 15.3 Å². The summed E-state index contributed by atoms with van der Waals surface area (Å²) in [4.78, 5) is 24.8. The third kappa shape index (κ3) is 5.60. The topological polar surface area (TPSA) is 124 Å². The Hall–Kier alpha value is -2.95. The summed E-state index contributed by atoms with van der Waals surface area (Å²) in [6.07, 6.45) is 0. The number of benzene rings is 2. The second kappa shape index (κ2) is 9.04. The molecule has 162 valence electrons. The summed E-state index contributed by atoms with van der Waals surface area (Å²) in [5.41, 5.74) is 3.00. The van der Waals surface area contributed by atoms with E-state index in [0.717, 1.165) is 11.1 Å². The molecule has 0 saturated heterocycles. The fraction of sp³-hybridized carbons (Fsp3) is 0.190. The van der Waals surface area contributed by atoms with E-state index in [1.807, 2.05) is 32.0 Å². The van der Waals surface area contributed by atoms with E-state index >= 15 is 0 Å². The molecule has 0 saturated carbocycles. The highest BCUT2D eigenvalue weighted by Gasteiger charge is 2.17. The van der Waals surface area contributed by atoms with Crippen LogP contribution in [0.1, 0.15) is 18.1 Å². The Morgan fingerprint density at radius 2 is 1.74 bits per heavy atom. The number of hydrogen-bond donors (Lipinski definition) is 2. The Bertz CT molecular complexity index is 1290. The highest BCUT2D eigenvalue weighted by Crippen LogP contribution is 2.22. The molecule has 3 aromatic rings. The second-order valence-electron chi connectivity index (χ2n) is 7.01. The van der Waals surface area contributed by atoms with Crippen LogP contribution in [0.2, 0.25) is 0 Å². The summed E-state index contributed by atoms with van der Waals surface area (Å²) in [6.45, 7) is 5.67. The summed E-state index contributed by atoms with van der Waals surface area (Å²) in [6, 6.07) is 14.2. The molecular formula is C21H22N4O4S2. The molecule has 1 aromatic heterocycles. The van der Waals surface area contributed by atoms with Crippen molar-refractivity contribution in [3.05, 3.63) is 76.1 Å². The predicted molar refractivity (Wildman–Crippen MR) is 121 cm³/mol. The van der Waals surface area contributed by atoms with Crippen LogP contribution in [-0.2, 0) is 14.8 Å². The summed E-state index contributed by atoms with van der Waals surface area (Å²) in [7, 11) is -3.79. The van der Waals surface area contributed by atoms with E-state index in [2.05, 4.69) is 10.4 Å². The van der Waals surface area contributed by atoms with Crippen molar-refractivity contribution in [1.29, 1.82) is 0 Å². The monoisotopic (exact) mass is 458 g/mol. The van der Waals surface area contributed by atoms with Gasteiger partial charge in [0.25, 0.3) is 5.56 Å². The molecule has 0 unspecified atom stereocenters. The number of nitrogens with two attached hydrogens (primary N) is 1. The number of primary sulfonamides is 1. The lowest BCUT2D eigenvalue weighted by Crippen LogP contribution is -2.24. The largest absolute Gasteiger partial charge is 0.325 e. The maximum atomic E-state index is 12.5. The number of amides is 1. The first kappa shape index (κ1) is 22.7. The average molecular weight is 459 g/mol. The maximum Gasteiger partial charge on any atom is 0.271 e. The zero-order valence-electron chi connectivity index (χ0n) is 17.2. The lowest BCUT2D eigenvalue weighted by atomic mass is 10.1. The van der Waals surface area contributed by atoms with E-state index in [-0.39, 0.29) is 16.4 Å². The SMILES string of the molecule is Cc1ccc(-n2nc(S[C@@H](C)C(=O)Nc3ccc(S(N)(=O)=O)cc3)ccc2=O)cc1C. The molecule has 0 fully saturated rings. The number of hydrogen-bond acceptors (Lipinski definition) is 6. The van der Waals surface area contributed by atoms with Gasteiger partial charge in [0.1, 0.15) is 5.03 Å². The fourth-order valence-corrected chi connectivity index (χ4v) is 4.03. The molecule has 1 atom stereocenters. The van der Waals surface area contributed by atoms with Crippen LogP contribution in [0.4, 0.5) is 5.69 Å². The van der Waals surface area contributed by atoms with Crippen molar-refractivity contribution in [2.45, 2.75) is 35.9 Å². The highest BCUT2D eigenvalue weighted by molar-refractivity contribution is 8.00.